The normalized spacial score (nSPS) is 14.0. The minimum absolute atomic E-state index is 0.214. The second kappa shape index (κ2) is 8.83. The summed E-state index contributed by atoms with van der Waals surface area (Å²) in [5.41, 5.74) is 3.10. The first-order valence-electron chi connectivity index (χ1n) is 9.75. The third-order valence-corrected chi connectivity index (χ3v) is 4.83. The van der Waals surface area contributed by atoms with Gasteiger partial charge in [0.1, 0.15) is 0 Å². The van der Waals surface area contributed by atoms with Crippen LogP contribution < -0.4 is 15.8 Å². The Kier molecular flexibility index (Phi) is 5.81. The van der Waals surface area contributed by atoms with Crippen LogP contribution in [0.1, 0.15) is 11.3 Å². The van der Waals surface area contributed by atoms with Crippen LogP contribution in [0.25, 0.3) is 11.3 Å². The Balaban J connectivity index is 1.50. The molecule has 0 atom stereocenters. The van der Waals surface area contributed by atoms with E-state index >= 15 is 0 Å². The zero-order valence-corrected chi connectivity index (χ0v) is 16.4. The topological polar surface area (TPSA) is 96.0 Å². The van der Waals surface area contributed by atoms with Crippen LogP contribution >= 0.6 is 0 Å². The van der Waals surface area contributed by atoms with Crippen LogP contribution in [0, 0.1) is 6.92 Å². The van der Waals surface area contributed by atoms with Crippen molar-refractivity contribution in [2.45, 2.75) is 13.3 Å². The lowest BCUT2D eigenvalue weighted by Gasteiger charge is -2.27. The number of hydrogen-bond donors (Lipinski definition) is 2. The fraction of sp³-hybridized carbons (Fsp3) is 0.333. The standard InChI is InChI=1S/C21H24N6O2/c1-15-17(14-23-21(24-15)27-9-11-29-12-10-27)18-13-19(28)26-20(25-18)22-8-7-16-5-3-2-4-6-16/h2-6,13-14H,7-12H2,1H3,(H2,22,25,26,28). The number of hydrogen-bond acceptors (Lipinski definition) is 7. The summed E-state index contributed by atoms with van der Waals surface area (Å²) in [6, 6.07) is 11.6. The van der Waals surface area contributed by atoms with E-state index in [2.05, 4.69) is 42.3 Å². The highest BCUT2D eigenvalue weighted by Crippen LogP contribution is 2.21. The minimum Gasteiger partial charge on any atom is -0.378 e. The molecule has 8 heteroatoms. The van der Waals surface area contributed by atoms with E-state index in [1.165, 1.54) is 11.6 Å². The number of nitrogens with one attached hydrogen (secondary N) is 2. The number of aryl methyl sites for hydroxylation is 1. The van der Waals surface area contributed by atoms with E-state index in [0.29, 0.717) is 37.3 Å². The lowest BCUT2D eigenvalue weighted by atomic mass is 10.1. The third kappa shape index (κ3) is 4.78. The summed E-state index contributed by atoms with van der Waals surface area (Å²) in [6.45, 7) is 5.48. The Morgan fingerprint density at radius 1 is 1.17 bits per heavy atom. The van der Waals surface area contributed by atoms with Gasteiger partial charge in [-0.05, 0) is 18.9 Å². The number of ether oxygens (including phenoxy) is 1. The maximum atomic E-state index is 12.1. The summed E-state index contributed by atoms with van der Waals surface area (Å²) in [7, 11) is 0. The van der Waals surface area contributed by atoms with Gasteiger partial charge in [0.25, 0.3) is 5.56 Å². The van der Waals surface area contributed by atoms with Gasteiger partial charge in [-0.1, -0.05) is 30.3 Å². The van der Waals surface area contributed by atoms with E-state index in [4.69, 9.17) is 4.74 Å². The molecular formula is C21H24N6O2. The second-order valence-electron chi connectivity index (χ2n) is 6.91. The van der Waals surface area contributed by atoms with Gasteiger partial charge in [-0.25, -0.2) is 15.0 Å². The van der Waals surface area contributed by atoms with Crippen molar-refractivity contribution in [2.75, 3.05) is 43.1 Å². The largest absolute Gasteiger partial charge is 0.378 e. The zero-order valence-electron chi connectivity index (χ0n) is 16.4. The molecule has 1 fully saturated rings. The van der Waals surface area contributed by atoms with E-state index in [0.717, 1.165) is 30.8 Å². The fourth-order valence-electron chi connectivity index (χ4n) is 3.27. The minimum atomic E-state index is -0.214. The van der Waals surface area contributed by atoms with Gasteiger partial charge in [0.15, 0.2) is 0 Å². The smallest absolute Gasteiger partial charge is 0.252 e. The highest BCUT2D eigenvalue weighted by molar-refractivity contribution is 5.62. The van der Waals surface area contributed by atoms with Gasteiger partial charge in [-0.3, -0.25) is 9.78 Å². The summed E-state index contributed by atoms with van der Waals surface area (Å²) in [5.74, 6) is 1.13. The number of aromatic amines is 1. The Bertz CT molecular complexity index is 1020. The molecule has 1 saturated heterocycles. The van der Waals surface area contributed by atoms with Crippen molar-refractivity contribution in [3.05, 3.63) is 64.2 Å². The molecule has 3 aromatic rings. The molecule has 0 amide bonds. The maximum absolute atomic E-state index is 12.1. The van der Waals surface area contributed by atoms with E-state index in [1.807, 2.05) is 25.1 Å². The summed E-state index contributed by atoms with van der Waals surface area (Å²) in [6.07, 6.45) is 2.58. The number of anilines is 2. The van der Waals surface area contributed by atoms with E-state index in [9.17, 15) is 4.79 Å². The number of morpholine rings is 1. The molecule has 0 radical (unpaired) electrons. The van der Waals surface area contributed by atoms with Crippen molar-refractivity contribution in [3.8, 4) is 11.3 Å². The molecule has 150 valence electrons. The van der Waals surface area contributed by atoms with Crippen LogP contribution in [0.4, 0.5) is 11.9 Å². The predicted octanol–water partition coefficient (Wildman–Crippen LogP) is 2.03. The molecule has 4 rings (SSSR count). The van der Waals surface area contributed by atoms with Gasteiger partial charge >= 0.3 is 0 Å². The lowest BCUT2D eigenvalue weighted by molar-refractivity contribution is 0.122. The van der Waals surface area contributed by atoms with Crippen molar-refractivity contribution in [1.82, 2.24) is 19.9 Å². The summed E-state index contributed by atoms with van der Waals surface area (Å²) < 4.78 is 5.38. The van der Waals surface area contributed by atoms with Crippen LogP contribution in [0.3, 0.4) is 0 Å². The van der Waals surface area contributed by atoms with Crippen molar-refractivity contribution in [3.63, 3.8) is 0 Å². The number of nitrogens with zero attached hydrogens (tertiary/aromatic N) is 4. The number of H-pyrrole nitrogens is 1. The summed E-state index contributed by atoms with van der Waals surface area (Å²) in [5, 5.41) is 3.20. The molecule has 29 heavy (non-hydrogen) atoms. The first-order chi connectivity index (χ1) is 14.2. The Labute approximate surface area is 169 Å². The van der Waals surface area contributed by atoms with Gasteiger partial charge < -0.3 is 15.0 Å². The SMILES string of the molecule is Cc1nc(N2CCOCC2)ncc1-c1cc(=O)[nH]c(NCCc2ccccc2)n1. The summed E-state index contributed by atoms with van der Waals surface area (Å²) in [4.78, 5) is 30.7. The number of aromatic nitrogens is 4. The van der Waals surface area contributed by atoms with E-state index < -0.39 is 0 Å². The molecule has 0 spiro atoms. The molecule has 1 aromatic carbocycles. The van der Waals surface area contributed by atoms with Crippen LogP contribution in [-0.2, 0) is 11.2 Å². The average Bonchev–Trinajstić information content (AvgIpc) is 2.75. The molecule has 0 aliphatic carbocycles. The molecular weight excluding hydrogens is 368 g/mol. The van der Waals surface area contributed by atoms with Crippen molar-refractivity contribution < 1.29 is 4.74 Å². The van der Waals surface area contributed by atoms with Crippen LogP contribution in [0.15, 0.2) is 47.4 Å². The zero-order chi connectivity index (χ0) is 20.1. The monoisotopic (exact) mass is 392 g/mol. The van der Waals surface area contributed by atoms with Gasteiger partial charge in [0.05, 0.1) is 24.6 Å². The third-order valence-electron chi connectivity index (χ3n) is 4.83. The average molecular weight is 392 g/mol. The lowest BCUT2D eigenvalue weighted by Crippen LogP contribution is -2.37. The van der Waals surface area contributed by atoms with E-state index in [-0.39, 0.29) is 5.56 Å². The molecule has 2 N–H and O–H groups in total. The Morgan fingerprint density at radius 3 is 2.72 bits per heavy atom. The molecule has 1 aliphatic heterocycles. The highest BCUT2D eigenvalue weighted by Gasteiger charge is 2.16. The first kappa shape index (κ1) is 19.1. The van der Waals surface area contributed by atoms with Gasteiger partial charge in [-0.2, -0.15) is 0 Å². The second-order valence-corrected chi connectivity index (χ2v) is 6.91. The maximum Gasteiger partial charge on any atom is 0.252 e. The van der Waals surface area contributed by atoms with Gasteiger partial charge in [0.2, 0.25) is 11.9 Å². The molecule has 1 aliphatic rings. The van der Waals surface area contributed by atoms with Crippen molar-refractivity contribution in [1.29, 1.82) is 0 Å². The predicted molar refractivity (Wildman–Crippen MR) is 112 cm³/mol. The van der Waals surface area contributed by atoms with Crippen LogP contribution in [0.5, 0.6) is 0 Å². The molecule has 3 heterocycles. The fourth-order valence-corrected chi connectivity index (χ4v) is 3.27. The van der Waals surface area contributed by atoms with E-state index in [1.54, 1.807) is 6.20 Å². The number of benzene rings is 1. The Hall–Kier alpha value is -3.26. The molecule has 0 unspecified atom stereocenters. The Morgan fingerprint density at radius 2 is 1.97 bits per heavy atom. The quantitative estimate of drug-likeness (QED) is 0.663. The van der Waals surface area contributed by atoms with Gasteiger partial charge in [0, 0.05) is 37.5 Å². The molecule has 0 bridgehead atoms. The van der Waals surface area contributed by atoms with Gasteiger partial charge in [-0.15, -0.1) is 0 Å². The van der Waals surface area contributed by atoms with Crippen molar-refractivity contribution in [2.24, 2.45) is 0 Å². The van der Waals surface area contributed by atoms with Crippen LogP contribution in [0.2, 0.25) is 0 Å². The highest BCUT2D eigenvalue weighted by atomic mass is 16.5. The molecule has 0 saturated carbocycles. The summed E-state index contributed by atoms with van der Waals surface area (Å²) >= 11 is 0. The van der Waals surface area contributed by atoms with Crippen molar-refractivity contribution >= 4 is 11.9 Å². The first-order valence-corrected chi connectivity index (χ1v) is 9.75. The molecule has 8 nitrogen and oxygen atoms in total. The van der Waals surface area contributed by atoms with Crippen LogP contribution in [-0.4, -0.2) is 52.8 Å². The number of rotatable bonds is 6. The molecule has 2 aromatic heterocycles.